The van der Waals surface area contributed by atoms with Gasteiger partial charge in [0.15, 0.2) is 6.61 Å². The molecule has 1 aliphatic rings. The molecule has 2 rings (SSSR count). The summed E-state index contributed by atoms with van der Waals surface area (Å²) in [5.74, 6) is -0.915. The van der Waals surface area contributed by atoms with Gasteiger partial charge in [0.1, 0.15) is 11.6 Å². The Kier molecular flexibility index (Phi) is 4.58. The molecule has 2 N–H and O–H groups in total. The zero-order chi connectivity index (χ0) is 15.5. The molecule has 0 amide bonds. The molecule has 1 aliphatic heterocycles. The summed E-state index contributed by atoms with van der Waals surface area (Å²) in [5, 5.41) is 12.1. The molecule has 1 fully saturated rings. The van der Waals surface area contributed by atoms with Crippen LogP contribution in [0.25, 0.3) is 0 Å². The molecule has 0 spiro atoms. The van der Waals surface area contributed by atoms with E-state index >= 15 is 0 Å². The maximum atomic E-state index is 13.1. The van der Waals surface area contributed by atoms with Crippen LogP contribution in [0.2, 0.25) is 0 Å². The Labute approximate surface area is 118 Å². The number of alkyl halides is 3. The fourth-order valence-electron chi connectivity index (χ4n) is 1.84. The molecule has 0 unspecified atom stereocenters. The van der Waals surface area contributed by atoms with Crippen molar-refractivity contribution in [2.24, 2.45) is 5.41 Å². The number of benzene rings is 1. The van der Waals surface area contributed by atoms with E-state index in [-0.39, 0.29) is 24.6 Å². The van der Waals surface area contributed by atoms with Crippen molar-refractivity contribution in [2.45, 2.75) is 6.18 Å². The van der Waals surface area contributed by atoms with Crippen molar-refractivity contribution in [3.8, 4) is 5.75 Å². The number of halogens is 4. The van der Waals surface area contributed by atoms with Crippen LogP contribution in [0, 0.1) is 11.2 Å². The van der Waals surface area contributed by atoms with Gasteiger partial charge in [-0.3, -0.25) is 0 Å². The molecule has 21 heavy (non-hydrogen) atoms. The number of rotatable bonds is 6. The lowest BCUT2D eigenvalue weighted by molar-refractivity contribution is -0.153. The van der Waals surface area contributed by atoms with Crippen LogP contribution in [0.5, 0.6) is 5.75 Å². The first-order valence-corrected chi connectivity index (χ1v) is 6.25. The lowest BCUT2D eigenvalue weighted by Crippen LogP contribution is -2.50. The van der Waals surface area contributed by atoms with Gasteiger partial charge in [-0.25, -0.2) is 4.39 Å². The first-order chi connectivity index (χ1) is 9.84. The highest BCUT2D eigenvalue weighted by molar-refractivity contribution is 5.56. The van der Waals surface area contributed by atoms with Gasteiger partial charge in [-0.05, 0) is 12.1 Å². The minimum Gasteiger partial charge on any atom is -0.482 e. The maximum Gasteiger partial charge on any atom is 0.422 e. The van der Waals surface area contributed by atoms with Gasteiger partial charge < -0.3 is 19.9 Å². The van der Waals surface area contributed by atoms with Gasteiger partial charge in [0, 0.05) is 12.6 Å². The molecule has 0 saturated carbocycles. The molecule has 0 aromatic heterocycles. The highest BCUT2D eigenvalue weighted by atomic mass is 19.4. The number of aliphatic hydroxyl groups is 1. The lowest BCUT2D eigenvalue weighted by atomic mass is 9.87. The van der Waals surface area contributed by atoms with Crippen LogP contribution in [0.4, 0.5) is 23.2 Å². The van der Waals surface area contributed by atoms with Gasteiger partial charge >= 0.3 is 6.18 Å². The van der Waals surface area contributed by atoms with E-state index < -0.39 is 24.0 Å². The molecule has 0 bridgehead atoms. The number of hydrogen-bond donors (Lipinski definition) is 2. The maximum absolute atomic E-state index is 13.1. The van der Waals surface area contributed by atoms with Crippen molar-refractivity contribution in [3.63, 3.8) is 0 Å². The van der Waals surface area contributed by atoms with Crippen molar-refractivity contribution in [3.05, 3.63) is 24.0 Å². The third kappa shape index (κ3) is 4.21. The number of hydrogen-bond acceptors (Lipinski definition) is 4. The highest BCUT2D eigenvalue weighted by Gasteiger charge is 2.38. The Morgan fingerprint density at radius 3 is 2.57 bits per heavy atom. The minimum atomic E-state index is -4.50. The Balaban J connectivity index is 2.04. The fourth-order valence-corrected chi connectivity index (χ4v) is 1.84. The van der Waals surface area contributed by atoms with Crippen molar-refractivity contribution >= 4 is 5.69 Å². The van der Waals surface area contributed by atoms with Crippen LogP contribution in [-0.4, -0.2) is 44.3 Å². The molecule has 1 aromatic rings. The van der Waals surface area contributed by atoms with Crippen LogP contribution < -0.4 is 10.1 Å². The number of nitrogens with one attached hydrogen (secondary N) is 1. The standard InChI is InChI=1S/C13H15F4NO3/c14-9-1-2-10(11(3-9)21-8-13(15,16)17)18-4-12(5-19)6-20-7-12/h1-3,18-19H,4-8H2. The number of ether oxygens (including phenoxy) is 2. The summed E-state index contributed by atoms with van der Waals surface area (Å²) in [7, 11) is 0. The third-order valence-corrected chi connectivity index (χ3v) is 3.14. The van der Waals surface area contributed by atoms with Crippen molar-refractivity contribution < 1.29 is 32.1 Å². The second-order valence-electron chi connectivity index (χ2n) is 5.05. The first-order valence-electron chi connectivity index (χ1n) is 6.25. The molecular weight excluding hydrogens is 294 g/mol. The Hall–Kier alpha value is -1.54. The Morgan fingerprint density at radius 2 is 2.05 bits per heavy atom. The first kappa shape index (κ1) is 15.8. The Morgan fingerprint density at radius 1 is 1.33 bits per heavy atom. The largest absolute Gasteiger partial charge is 0.482 e. The van der Waals surface area contributed by atoms with E-state index in [1.54, 1.807) is 0 Å². The monoisotopic (exact) mass is 309 g/mol. The molecule has 8 heteroatoms. The summed E-state index contributed by atoms with van der Waals surface area (Å²) in [6.45, 7) is -0.607. The van der Waals surface area contributed by atoms with Gasteiger partial charge in [0.05, 0.1) is 30.9 Å². The van der Waals surface area contributed by atoms with Crippen LogP contribution in [-0.2, 0) is 4.74 Å². The quantitative estimate of drug-likeness (QED) is 0.791. The van der Waals surface area contributed by atoms with E-state index in [9.17, 15) is 22.7 Å². The Bertz CT molecular complexity index is 483. The zero-order valence-corrected chi connectivity index (χ0v) is 11.0. The molecule has 1 aromatic carbocycles. The molecule has 1 heterocycles. The summed E-state index contributed by atoms with van der Waals surface area (Å²) in [5.41, 5.74) is -0.226. The summed E-state index contributed by atoms with van der Waals surface area (Å²) in [6.07, 6.45) is -4.50. The van der Waals surface area contributed by atoms with Crippen molar-refractivity contribution in [2.75, 3.05) is 38.3 Å². The van der Waals surface area contributed by atoms with Crippen LogP contribution in [0.3, 0.4) is 0 Å². The summed E-state index contributed by atoms with van der Waals surface area (Å²) in [4.78, 5) is 0. The SMILES string of the molecule is OCC1(CNc2ccc(F)cc2OCC(F)(F)F)COC1. The van der Waals surface area contributed by atoms with Crippen molar-refractivity contribution in [1.29, 1.82) is 0 Å². The predicted molar refractivity (Wildman–Crippen MR) is 66.8 cm³/mol. The van der Waals surface area contributed by atoms with E-state index in [0.717, 1.165) is 12.1 Å². The molecule has 1 saturated heterocycles. The zero-order valence-electron chi connectivity index (χ0n) is 11.0. The average molecular weight is 309 g/mol. The number of anilines is 1. The van der Waals surface area contributed by atoms with Crippen molar-refractivity contribution in [1.82, 2.24) is 0 Å². The topological polar surface area (TPSA) is 50.7 Å². The second kappa shape index (κ2) is 6.07. The average Bonchev–Trinajstić information content (AvgIpc) is 2.36. The molecule has 0 atom stereocenters. The lowest BCUT2D eigenvalue weighted by Gasteiger charge is -2.40. The van der Waals surface area contributed by atoms with Gasteiger partial charge in [-0.15, -0.1) is 0 Å². The fraction of sp³-hybridized carbons (Fsp3) is 0.538. The van der Waals surface area contributed by atoms with Crippen LogP contribution in [0.1, 0.15) is 0 Å². The predicted octanol–water partition coefficient (Wildman–Crippen LogP) is 2.19. The summed E-state index contributed by atoms with van der Waals surface area (Å²) in [6, 6.07) is 3.30. The molecule has 4 nitrogen and oxygen atoms in total. The van der Waals surface area contributed by atoms with Crippen LogP contribution in [0.15, 0.2) is 18.2 Å². The number of aliphatic hydroxyl groups excluding tert-OH is 1. The minimum absolute atomic E-state index is 0.111. The van der Waals surface area contributed by atoms with Gasteiger partial charge in [-0.2, -0.15) is 13.2 Å². The molecular formula is C13H15F4NO3. The van der Waals surface area contributed by atoms with E-state index in [1.165, 1.54) is 6.07 Å². The highest BCUT2D eigenvalue weighted by Crippen LogP contribution is 2.31. The molecule has 118 valence electrons. The van der Waals surface area contributed by atoms with Crippen LogP contribution >= 0.6 is 0 Å². The van der Waals surface area contributed by atoms with E-state index in [1.807, 2.05) is 0 Å². The van der Waals surface area contributed by atoms with E-state index in [0.29, 0.717) is 13.2 Å². The van der Waals surface area contributed by atoms with E-state index in [2.05, 4.69) is 10.1 Å². The third-order valence-electron chi connectivity index (χ3n) is 3.14. The normalized spacial score (nSPS) is 17.2. The van der Waals surface area contributed by atoms with Gasteiger partial charge in [0.25, 0.3) is 0 Å². The van der Waals surface area contributed by atoms with Gasteiger partial charge in [-0.1, -0.05) is 0 Å². The smallest absolute Gasteiger partial charge is 0.422 e. The molecule has 0 radical (unpaired) electrons. The summed E-state index contributed by atoms with van der Waals surface area (Å²) >= 11 is 0. The van der Waals surface area contributed by atoms with Gasteiger partial charge in [0.2, 0.25) is 0 Å². The molecule has 0 aliphatic carbocycles. The second-order valence-corrected chi connectivity index (χ2v) is 5.05. The van der Waals surface area contributed by atoms with E-state index in [4.69, 9.17) is 4.74 Å². The summed E-state index contributed by atoms with van der Waals surface area (Å²) < 4.78 is 59.3.